The summed E-state index contributed by atoms with van der Waals surface area (Å²) < 4.78 is 0. The monoisotopic (exact) mass is 290 g/mol. The van der Waals surface area contributed by atoms with E-state index in [1.165, 1.54) is 12.8 Å². The molecule has 2 rings (SSSR count). The molecule has 0 atom stereocenters. The van der Waals surface area contributed by atoms with Crippen LogP contribution in [0.1, 0.15) is 32.3 Å². The summed E-state index contributed by atoms with van der Waals surface area (Å²) in [6.07, 6.45) is 4.45. The van der Waals surface area contributed by atoms with Gasteiger partial charge in [-0.2, -0.15) is 0 Å². The molecule has 1 aromatic heterocycles. The lowest BCUT2D eigenvalue weighted by Crippen LogP contribution is -2.34. The van der Waals surface area contributed by atoms with Gasteiger partial charge in [-0.25, -0.2) is 4.98 Å². The summed E-state index contributed by atoms with van der Waals surface area (Å²) in [5.41, 5.74) is 1.03. The van der Waals surface area contributed by atoms with E-state index in [2.05, 4.69) is 34.4 Å². The minimum Gasteiger partial charge on any atom is -0.357 e. The number of carbonyl (C=O) groups is 1. The smallest absolute Gasteiger partial charge is 0.234 e. The second-order valence-corrected chi connectivity index (χ2v) is 5.55. The lowest BCUT2D eigenvalue weighted by Gasteiger charge is -2.19. The Balaban J connectivity index is 1.70. The summed E-state index contributed by atoms with van der Waals surface area (Å²) in [5.74, 6) is 1.83. The number of anilines is 1. The third-order valence-corrected chi connectivity index (χ3v) is 3.80. The van der Waals surface area contributed by atoms with Crippen LogP contribution < -0.4 is 15.5 Å². The zero-order chi connectivity index (χ0) is 15.1. The Morgan fingerprint density at radius 2 is 2.10 bits per heavy atom. The number of rotatable bonds is 9. The summed E-state index contributed by atoms with van der Waals surface area (Å²) in [6.45, 7) is 8.05. The zero-order valence-corrected chi connectivity index (χ0v) is 13.1. The largest absolute Gasteiger partial charge is 0.357 e. The molecule has 1 aliphatic carbocycles. The maximum Gasteiger partial charge on any atom is 0.234 e. The topological polar surface area (TPSA) is 57.3 Å². The first-order valence-corrected chi connectivity index (χ1v) is 7.90. The lowest BCUT2D eigenvalue weighted by atomic mass is 10.2. The Morgan fingerprint density at radius 3 is 2.67 bits per heavy atom. The number of carbonyl (C=O) groups excluding carboxylic acids is 1. The maximum atomic E-state index is 11.7. The molecule has 0 aliphatic heterocycles. The molecule has 21 heavy (non-hydrogen) atoms. The van der Waals surface area contributed by atoms with Gasteiger partial charge in [0.05, 0.1) is 6.54 Å². The van der Waals surface area contributed by atoms with Gasteiger partial charge < -0.3 is 15.5 Å². The van der Waals surface area contributed by atoms with Crippen LogP contribution in [0.5, 0.6) is 0 Å². The van der Waals surface area contributed by atoms with Crippen LogP contribution in [0.3, 0.4) is 0 Å². The number of aromatic nitrogens is 1. The van der Waals surface area contributed by atoms with E-state index in [9.17, 15) is 4.79 Å². The van der Waals surface area contributed by atoms with E-state index < -0.39 is 0 Å². The van der Waals surface area contributed by atoms with Crippen molar-refractivity contribution < 1.29 is 4.79 Å². The fourth-order valence-corrected chi connectivity index (χ4v) is 2.23. The summed E-state index contributed by atoms with van der Waals surface area (Å²) >= 11 is 0. The lowest BCUT2D eigenvalue weighted by molar-refractivity contribution is -0.120. The number of hydrogen-bond acceptors (Lipinski definition) is 4. The number of amides is 1. The number of nitrogens with zero attached hydrogens (tertiary/aromatic N) is 2. The fourth-order valence-electron chi connectivity index (χ4n) is 2.23. The van der Waals surface area contributed by atoms with Crippen LogP contribution in [0.2, 0.25) is 0 Å². The fraction of sp³-hybridized carbons (Fsp3) is 0.625. The zero-order valence-electron chi connectivity index (χ0n) is 13.1. The van der Waals surface area contributed by atoms with E-state index >= 15 is 0 Å². The molecule has 1 amide bonds. The first-order chi connectivity index (χ1) is 10.2. The number of pyridine rings is 1. The van der Waals surface area contributed by atoms with E-state index in [0.29, 0.717) is 13.1 Å². The molecule has 0 unspecified atom stereocenters. The van der Waals surface area contributed by atoms with Crippen molar-refractivity contribution in [1.29, 1.82) is 0 Å². The summed E-state index contributed by atoms with van der Waals surface area (Å²) in [4.78, 5) is 18.3. The molecule has 0 aromatic carbocycles. The molecule has 1 saturated carbocycles. The van der Waals surface area contributed by atoms with Crippen LogP contribution in [0.4, 0.5) is 5.82 Å². The average molecular weight is 290 g/mol. The van der Waals surface area contributed by atoms with Crippen molar-refractivity contribution >= 4 is 11.7 Å². The van der Waals surface area contributed by atoms with Gasteiger partial charge in [0.1, 0.15) is 5.82 Å². The van der Waals surface area contributed by atoms with Gasteiger partial charge in [0.25, 0.3) is 0 Å². The molecule has 1 aromatic rings. The molecule has 0 saturated heterocycles. The van der Waals surface area contributed by atoms with Gasteiger partial charge in [0.2, 0.25) is 5.91 Å². The van der Waals surface area contributed by atoms with Gasteiger partial charge in [0.15, 0.2) is 0 Å². The van der Waals surface area contributed by atoms with E-state index in [1.807, 2.05) is 18.3 Å². The minimum absolute atomic E-state index is 0.0449. The van der Waals surface area contributed by atoms with E-state index in [4.69, 9.17) is 0 Å². The molecule has 1 fully saturated rings. The third-order valence-electron chi connectivity index (χ3n) is 3.80. The molecule has 2 N–H and O–H groups in total. The quantitative estimate of drug-likeness (QED) is 0.724. The molecule has 0 spiro atoms. The SMILES string of the molecule is CCN(CC)c1ccc(CNC(=O)CNCC2CC2)cn1. The van der Waals surface area contributed by atoms with Crippen molar-refractivity contribution in [3.05, 3.63) is 23.9 Å². The van der Waals surface area contributed by atoms with Crippen molar-refractivity contribution in [2.24, 2.45) is 5.92 Å². The van der Waals surface area contributed by atoms with Crippen LogP contribution in [0.25, 0.3) is 0 Å². The van der Waals surface area contributed by atoms with Crippen molar-refractivity contribution in [2.45, 2.75) is 33.2 Å². The van der Waals surface area contributed by atoms with Crippen LogP contribution in [-0.2, 0) is 11.3 Å². The van der Waals surface area contributed by atoms with Crippen molar-refractivity contribution in [3.8, 4) is 0 Å². The van der Waals surface area contributed by atoms with Gasteiger partial charge in [-0.1, -0.05) is 6.07 Å². The van der Waals surface area contributed by atoms with Gasteiger partial charge >= 0.3 is 0 Å². The Kier molecular flexibility index (Phi) is 5.99. The first kappa shape index (κ1) is 15.8. The molecule has 5 nitrogen and oxygen atoms in total. The summed E-state index contributed by atoms with van der Waals surface area (Å²) in [5, 5.41) is 6.10. The molecular formula is C16H26N4O. The van der Waals surface area contributed by atoms with Crippen LogP contribution in [-0.4, -0.2) is 37.1 Å². The highest BCUT2D eigenvalue weighted by Crippen LogP contribution is 2.27. The molecule has 1 aliphatic rings. The Hall–Kier alpha value is -1.62. The predicted molar refractivity (Wildman–Crippen MR) is 85.2 cm³/mol. The van der Waals surface area contributed by atoms with E-state index in [1.54, 1.807) is 0 Å². The number of hydrogen-bond donors (Lipinski definition) is 2. The van der Waals surface area contributed by atoms with Crippen molar-refractivity contribution in [2.75, 3.05) is 31.1 Å². The third kappa shape index (κ3) is 5.34. The standard InChI is InChI=1S/C16H26N4O/c1-3-20(4-2)15-8-7-14(10-18-15)11-19-16(21)12-17-9-13-5-6-13/h7-8,10,13,17H,3-6,9,11-12H2,1-2H3,(H,19,21). The first-order valence-electron chi connectivity index (χ1n) is 7.90. The van der Waals surface area contributed by atoms with Crippen LogP contribution in [0, 0.1) is 5.92 Å². The molecule has 0 bridgehead atoms. The Morgan fingerprint density at radius 1 is 1.33 bits per heavy atom. The highest BCUT2D eigenvalue weighted by molar-refractivity contribution is 5.77. The van der Waals surface area contributed by atoms with Crippen molar-refractivity contribution in [1.82, 2.24) is 15.6 Å². The summed E-state index contributed by atoms with van der Waals surface area (Å²) in [6, 6.07) is 4.04. The summed E-state index contributed by atoms with van der Waals surface area (Å²) in [7, 11) is 0. The molecule has 116 valence electrons. The second-order valence-electron chi connectivity index (χ2n) is 5.55. The minimum atomic E-state index is 0.0449. The average Bonchev–Trinajstić information content (AvgIpc) is 3.32. The van der Waals surface area contributed by atoms with Crippen LogP contribution in [0.15, 0.2) is 18.3 Å². The molecule has 1 heterocycles. The molecule has 5 heteroatoms. The Bertz CT molecular complexity index is 438. The second kappa shape index (κ2) is 7.98. The van der Waals surface area contributed by atoms with Gasteiger partial charge in [-0.3, -0.25) is 4.79 Å². The van der Waals surface area contributed by atoms with Crippen molar-refractivity contribution in [3.63, 3.8) is 0 Å². The molecular weight excluding hydrogens is 264 g/mol. The predicted octanol–water partition coefficient (Wildman–Crippen LogP) is 1.54. The number of nitrogens with one attached hydrogen (secondary N) is 2. The Labute approximate surface area is 127 Å². The highest BCUT2D eigenvalue weighted by Gasteiger charge is 2.20. The van der Waals surface area contributed by atoms with Crippen LogP contribution >= 0.6 is 0 Å². The highest BCUT2D eigenvalue weighted by atomic mass is 16.1. The van der Waals surface area contributed by atoms with Gasteiger partial charge in [-0.15, -0.1) is 0 Å². The normalized spacial score (nSPS) is 14.0. The van der Waals surface area contributed by atoms with Gasteiger partial charge in [0, 0.05) is 25.8 Å². The van der Waals surface area contributed by atoms with E-state index in [-0.39, 0.29) is 5.91 Å². The maximum absolute atomic E-state index is 11.7. The van der Waals surface area contributed by atoms with Gasteiger partial charge in [-0.05, 0) is 50.8 Å². The van der Waals surface area contributed by atoms with E-state index in [0.717, 1.165) is 36.9 Å². The molecule has 0 radical (unpaired) electrons.